The van der Waals surface area contributed by atoms with Crippen LogP contribution in [0.25, 0.3) is 0 Å². The van der Waals surface area contributed by atoms with Crippen molar-refractivity contribution < 1.29 is 9.90 Å². The second-order valence-electron chi connectivity index (χ2n) is 4.29. The maximum atomic E-state index is 10.7. The van der Waals surface area contributed by atoms with Gasteiger partial charge < -0.3 is 15.0 Å². The van der Waals surface area contributed by atoms with E-state index in [2.05, 4.69) is 15.5 Å². The van der Waals surface area contributed by atoms with Gasteiger partial charge in [-0.2, -0.15) is 0 Å². The molecule has 0 radical (unpaired) electrons. The van der Waals surface area contributed by atoms with E-state index in [0.717, 1.165) is 24.4 Å². The van der Waals surface area contributed by atoms with Crippen molar-refractivity contribution in [2.45, 2.75) is 13.0 Å². The first-order valence-corrected chi connectivity index (χ1v) is 6.02. The number of rotatable bonds is 6. The first-order chi connectivity index (χ1) is 9.16. The lowest BCUT2D eigenvalue weighted by molar-refractivity contribution is 0.0697. The van der Waals surface area contributed by atoms with Crippen LogP contribution >= 0.6 is 0 Å². The Labute approximate surface area is 111 Å². The third-order valence-corrected chi connectivity index (χ3v) is 2.86. The highest BCUT2D eigenvalue weighted by molar-refractivity contribution is 5.87. The number of aromatic carboxylic acids is 1. The minimum absolute atomic E-state index is 0.308. The smallest absolute Gasteiger partial charge is 0.335 e. The number of nitrogens with zero attached hydrogens (tertiary/aromatic N) is 3. The second-order valence-corrected chi connectivity index (χ2v) is 4.29. The van der Waals surface area contributed by atoms with Crippen LogP contribution in [-0.2, 0) is 20.0 Å². The molecule has 2 aromatic rings. The van der Waals surface area contributed by atoms with Crippen LogP contribution in [0.3, 0.4) is 0 Å². The second kappa shape index (κ2) is 6.10. The van der Waals surface area contributed by atoms with Gasteiger partial charge in [-0.3, -0.25) is 0 Å². The van der Waals surface area contributed by atoms with E-state index in [1.54, 1.807) is 18.5 Å². The van der Waals surface area contributed by atoms with Crippen molar-refractivity contribution >= 4 is 5.97 Å². The molecule has 0 saturated heterocycles. The fraction of sp³-hybridized carbons (Fsp3) is 0.308. The quantitative estimate of drug-likeness (QED) is 0.752. The first kappa shape index (κ1) is 13.2. The van der Waals surface area contributed by atoms with E-state index >= 15 is 0 Å². The Morgan fingerprint density at radius 1 is 1.37 bits per heavy atom. The lowest BCUT2D eigenvalue weighted by Gasteiger charge is -2.05. The van der Waals surface area contributed by atoms with Gasteiger partial charge in [0.25, 0.3) is 0 Å². The van der Waals surface area contributed by atoms with E-state index in [4.69, 9.17) is 5.11 Å². The van der Waals surface area contributed by atoms with Crippen LogP contribution in [-0.4, -0.2) is 32.4 Å². The molecule has 2 N–H and O–H groups in total. The number of carbonyl (C=O) groups is 1. The summed E-state index contributed by atoms with van der Waals surface area (Å²) in [7, 11) is 1.92. The van der Waals surface area contributed by atoms with Crippen LogP contribution in [0.15, 0.2) is 30.6 Å². The maximum Gasteiger partial charge on any atom is 0.335 e. The summed E-state index contributed by atoms with van der Waals surface area (Å²) in [6.07, 6.45) is 2.49. The van der Waals surface area contributed by atoms with Gasteiger partial charge >= 0.3 is 5.97 Å². The van der Waals surface area contributed by atoms with Gasteiger partial charge in [0.05, 0.1) is 5.56 Å². The monoisotopic (exact) mass is 260 g/mol. The molecule has 6 heteroatoms. The van der Waals surface area contributed by atoms with E-state index in [0.29, 0.717) is 12.1 Å². The highest BCUT2D eigenvalue weighted by Crippen LogP contribution is 2.04. The third-order valence-electron chi connectivity index (χ3n) is 2.86. The van der Waals surface area contributed by atoms with E-state index in [-0.39, 0.29) is 0 Å². The van der Waals surface area contributed by atoms with Crippen molar-refractivity contribution in [2.75, 3.05) is 6.54 Å². The van der Waals surface area contributed by atoms with Crippen LogP contribution in [0, 0.1) is 0 Å². The summed E-state index contributed by atoms with van der Waals surface area (Å²) in [5, 5.41) is 19.9. The van der Waals surface area contributed by atoms with Gasteiger partial charge in [-0.05, 0) is 17.7 Å². The van der Waals surface area contributed by atoms with Gasteiger partial charge in [-0.1, -0.05) is 12.1 Å². The van der Waals surface area contributed by atoms with Crippen LogP contribution < -0.4 is 5.32 Å². The summed E-state index contributed by atoms with van der Waals surface area (Å²) in [4.78, 5) is 10.7. The fourth-order valence-corrected chi connectivity index (χ4v) is 1.73. The van der Waals surface area contributed by atoms with E-state index < -0.39 is 5.97 Å². The molecule has 0 saturated carbocycles. The third kappa shape index (κ3) is 3.62. The van der Waals surface area contributed by atoms with Crippen LogP contribution in [0.2, 0.25) is 0 Å². The summed E-state index contributed by atoms with van der Waals surface area (Å²) in [6, 6.07) is 6.86. The largest absolute Gasteiger partial charge is 0.478 e. The molecule has 0 amide bonds. The van der Waals surface area contributed by atoms with Crippen LogP contribution in [0.4, 0.5) is 0 Å². The summed E-state index contributed by atoms with van der Waals surface area (Å²) < 4.78 is 1.89. The fourth-order valence-electron chi connectivity index (χ4n) is 1.73. The molecule has 0 aliphatic rings. The summed E-state index contributed by atoms with van der Waals surface area (Å²) >= 11 is 0. The number of carboxylic acid groups (broad SMARTS) is 1. The van der Waals surface area contributed by atoms with E-state index in [9.17, 15) is 4.79 Å². The first-order valence-electron chi connectivity index (χ1n) is 6.02. The molecule has 2 rings (SSSR count). The van der Waals surface area contributed by atoms with E-state index in [1.165, 1.54) is 0 Å². The Morgan fingerprint density at radius 2 is 2.11 bits per heavy atom. The zero-order chi connectivity index (χ0) is 13.7. The summed E-state index contributed by atoms with van der Waals surface area (Å²) in [5.41, 5.74) is 1.37. The van der Waals surface area contributed by atoms with Crippen LogP contribution in [0.1, 0.15) is 21.7 Å². The Morgan fingerprint density at radius 3 is 2.68 bits per heavy atom. The van der Waals surface area contributed by atoms with Gasteiger partial charge in [0.15, 0.2) is 0 Å². The van der Waals surface area contributed by atoms with E-state index in [1.807, 2.05) is 23.7 Å². The van der Waals surface area contributed by atoms with Gasteiger partial charge in [0, 0.05) is 26.6 Å². The molecular formula is C13H16N4O2. The lowest BCUT2D eigenvalue weighted by Crippen LogP contribution is -2.18. The average Bonchev–Trinajstić information content (AvgIpc) is 2.81. The highest BCUT2D eigenvalue weighted by Gasteiger charge is 2.02. The summed E-state index contributed by atoms with van der Waals surface area (Å²) in [6.45, 7) is 1.50. The lowest BCUT2D eigenvalue weighted by atomic mass is 10.1. The van der Waals surface area contributed by atoms with Gasteiger partial charge in [-0.25, -0.2) is 4.79 Å². The SMILES string of the molecule is Cn1cnnc1CCNCc1ccc(C(=O)O)cc1. The Balaban J connectivity index is 1.76. The van der Waals surface area contributed by atoms with Crippen molar-refractivity contribution in [2.24, 2.45) is 7.05 Å². The Bertz CT molecular complexity index is 548. The zero-order valence-electron chi connectivity index (χ0n) is 10.7. The number of carboxylic acids is 1. The molecule has 100 valence electrons. The molecule has 1 heterocycles. The van der Waals surface area contributed by atoms with Crippen molar-refractivity contribution in [1.82, 2.24) is 20.1 Å². The molecule has 0 fully saturated rings. The number of hydrogen-bond donors (Lipinski definition) is 2. The average molecular weight is 260 g/mol. The molecular weight excluding hydrogens is 244 g/mol. The van der Waals surface area contributed by atoms with Gasteiger partial charge in [0.2, 0.25) is 0 Å². The van der Waals surface area contributed by atoms with Crippen molar-refractivity contribution in [1.29, 1.82) is 0 Å². The molecule has 0 spiro atoms. The normalized spacial score (nSPS) is 10.6. The van der Waals surface area contributed by atoms with Crippen molar-refractivity contribution in [3.05, 3.63) is 47.5 Å². The Hall–Kier alpha value is -2.21. The molecule has 19 heavy (non-hydrogen) atoms. The molecule has 0 aliphatic heterocycles. The minimum Gasteiger partial charge on any atom is -0.478 e. The Kier molecular flexibility index (Phi) is 4.25. The van der Waals surface area contributed by atoms with Crippen molar-refractivity contribution in [3.8, 4) is 0 Å². The number of benzene rings is 1. The summed E-state index contributed by atoms with van der Waals surface area (Å²) in [5.74, 6) is 0.0375. The molecule has 0 aliphatic carbocycles. The molecule has 0 unspecified atom stereocenters. The number of nitrogens with one attached hydrogen (secondary N) is 1. The molecule has 1 aromatic carbocycles. The zero-order valence-corrected chi connectivity index (χ0v) is 10.7. The number of aromatic nitrogens is 3. The standard InChI is InChI=1S/C13H16N4O2/c1-17-9-15-16-12(17)6-7-14-8-10-2-4-11(5-3-10)13(18)19/h2-5,9,14H,6-8H2,1H3,(H,18,19). The highest BCUT2D eigenvalue weighted by atomic mass is 16.4. The number of hydrogen-bond acceptors (Lipinski definition) is 4. The van der Waals surface area contributed by atoms with Gasteiger partial charge in [0.1, 0.15) is 12.2 Å². The molecule has 0 atom stereocenters. The predicted molar refractivity (Wildman–Crippen MR) is 69.8 cm³/mol. The van der Waals surface area contributed by atoms with Crippen molar-refractivity contribution in [3.63, 3.8) is 0 Å². The maximum absolute atomic E-state index is 10.7. The molecule has 1 aromatic heterocycles. The van der Waals surface area contributed by atoms with Gasteiger partial charge in [-0.15, -0.1) is 10.2 Å². The molecule has 6 nitrogen and oxygen atoms in total. The predicted octanol–water partition coefficient (Wildman–Crippen LogP) is 0.846. The minimum atomic E-state index is -0.901. The topological polar surface area (TPSA) is 80.0 Å². The number of aryl methyl sites for hydroxylation is 1. The molecule has 0 bridgehead atoms. The van der Waals surface area contributed by atoms with Crippen LogP contribution in [0.5, 0.6) is 0 Å².